The van der Waals surface area contributed by atoms with Crippen molar-refractivity contribution in [2.24, 2.45) is 11.7 Å². The number of primary amides is 1. The molecule has 0 aliphatic carbocycles. The van der Waals surface area contributed by atoms with Crippen LogP contribution in [0.3, 0.4) is 0 Å². The first-order valence-electron chi connectivity index (χ1n) is 9.38. The van der Waals surface area contributed by atoms with Gasteiger partial charge in [-0.15, -0.1) is 11.3 Å². The van der Waals surface area contributed by atoms with Gasteiger partial charge in [-0.2, -0.15) is 0 Å². The number of ether oxygens (including phenoxy) is 4. The Morgan fingerprint density at radius 1 is 1.10 bits per heavy atom. The van der Waals surface area contributed by atoms with Gasteiger partial charge in [0.1, 0.15) is 5.00 Å². The highest BCUT2D eigenvalue weighted by Gasteiger charge is 2.24. The molecule has 0 aliphatic rings. The summed E-state index contributed by atoms with van der Waals surface area (Å²) in [6, 6.07) is 2.88. The first kappa shape index (κ1) is 24.0. The van der Waals surface area contributed by atoms with E-state index in [0.717, 1.165) is 5.56 Å². The van der Waals surface area contributed by atoms with E-state index in [1.54, 1.807) is 0 Å². The monoisotopic (exact) mass is 450 g/mol. The summed E-state index contributed by atoms with van der Waals surface area (Å²) in [5, 5.41) is 4.99. The second-order valence-corrected chi connectivity index (χ2v) is 7.85. The number of esters is 1. The molecule has 0 radical (unpaired) electrons. The van der Waals surface area contributed by atoms with Gasteiger partial charge in [0.05, 0.1) is 26.9 Å². The fraction of sp³-hybridized carbons (Fsp3) is 0.381. The second kappa shape index (κ2) is 10.7. The summed E-state index contributed by atoms with van der Waals surface area (Å²) in [4.78, 5) is 36.3. The van der Waals surface area contributed by atoms with Gasteiger partial charge in [0, 0.05) is 5.56 Å². The van der Waals surface area contributed by atoms with E-state index >= 15 is 0 Å². The highest BCUT2D eigenvalue weighted by atomic mass is 32.1. The molecule has 9 nitrogen and oxygen atoms in total. The third-order valence-electron chi connectivity index (χ3n) is 4.19. The van der Waals surface area contributed by atoms with E-state index in [9.17, 15) is 14.4 Å². The summed E-state index contributed by atoms with van der Waals surface area (Å²) in [6.45, 7) is 3.70. The van der Waals surface area contributed by atoms with Crippen LogP contribution in [-0.4, -0.2) is 45.7 Å². The van der Waals surface area contributed by atoms with Crippen LogP contribution in [0.2, 0.25) is 0 Å². The fourth-order valence-electron chi connectivity index (χ4n) is 2.87. The van der Waals surface area contributed by atoms with Crippen molar-refractivity contribution in [2.45, 2.75) is 20.3 Å². The van der Waals surface area contributed by atoms with Crippen LogP contribution in [0.4, 0.5) is 5.00 Å². The summed E-state index contributed by atoms with van der Waals surface area (Å²) < 4.78 is 20.8. The number of carbonyl (C=O) groups is 3. The van der Waals surface area contributed by atoms with Crippen molar-refractivity contribution in [2.75, 3.05) is 33.3 Å². The second-order valence-electron chi connectivity index (χ2n) is 6.97. The first-order valence-corrected chi connectivity index (χ1v) is 10.3. The topological polar surface area (TPSA) is 126 Å². The third kappa shape index (κ3) is 5.88. The fourth-order valence-corrected chi connectivity index (χ4v) is 3.83. The minimum absolute atomic E-state index is 0.144. The van der Waals surface area contributed by atoms with Gasteiger partial charge in [0.25, 0.3) is 11.8 Å². The van der Waals surface area contributed by atoms with Gasteiger partial charge < -0.3 is 30.0 Å². The molecule has 0 spiro atoms. The Bertz CT molecular complexity index is 944. The minimum Gasteiger partial charge on any atom is -0.493 e. The summed E-state index contributed by atoms with van der Waals surface area (Å²) in [5.41, 5.74) is 6.48. The lowest BCUT2D eigenvalue weighted by molar-refractivity contribution is -0.120. The molecule has 31 heavy (non-hydrogen) atoms. The van der Waals surface area contributed by atoms with Crippen LogP contribution in [0.15, 0.2) is 17.5 Å². The molecule has 3 N–H and O–H groups in total. The van der Waals surface area contributed by atoms with Crippen molar-refractivity contribution < 1.29 is 33.3 Å². The molecule has 1 aromatic heterocycles. The van der Waals surface area contributed by atoms with Gasteiger partial charge in [-0.05, 0) is 35.4 Å². The molecule has 0 saturated heterocycles. The summed E-state index contributed by atoms with van der Waals surface area (Å²) in [5.74, 6) is -0.833. The van der Waals surface area contributed by atoms with Crippen LogP contribution < -0.4 is 25.3 Å². The SMILES string of the molecule is COC(=O)c1c(CC(C)C)csc1NC(=O)c1cc(OC)c(OCC(N)=O)c(OC)c1. The minimum atomic E-state index is -0.670. The molecule has 0 saturated carbocycles. The zero-order valence-corrected chi connectivity index (χ0v) is 18.9. The largest absolute Gasteiger partial charge is 0.493 e. The Kier molecular flexibility index (Phi) is 8.26. The number of anilines is 1. The number of carbonyl (C=O) groups excluding carboxylic acids is 3. The first-order chi connectivity index (χ1) is 14.7. The van der Waals surface area contributed by atoms with Crippen molar-refractivity contribution in [3.05, 3.63) is 34.2 Å². The molecule has 0 unspecified atom stereocenters. The number of rotatable bonds is 10. The van der Waals surface area contributed by atoms with E-state index in [-0.39, 0.29) is 29.4 Å². The van der Waals surface area contributed by atoms with Gasteiger partial charge in [-0.1, -0.05) is 13.8 Å². The standard InChI is InChI=1S/C21H26N2O7S/c1-11(2)6-13-10-31-20(17(13)21(26)29-5)23-19(25)12-7-14(27-3)18(15(8-12)28-4)30-9-16(22)24/h7-8,10-11H,6,9H2,1-5H3,(H2,22,24)(H,23,25). The van der Waals surface area contributed by atoms with E-state index in [2.05, 4.69) is 5.32 Å². The quantitative estimate of drug-likeness (QED) is 0.533. The molecule has 2 rings (SSSR count). The number of hydrogen-bond acceptors (Lipinski definition) is 8. The maximum Gasteiger partial charge on any atom is 0.341 e. The molecule has 1 aromatic carbocycles. The van der Waals surface area contributed by atoms with E-state index in [1.165, 1.54) is 44.8 Å². The Morgan fingerprint density at radius 2 is 1.71 bits per heavy atom. The van der Waals surface area contributed by atoms with Crippen LogP contribution in [0, 0.1) is 5.92 Å². The van der Waals surface area contributed by atoms with Gasteiger partial charge in [0.2, 0.25) is 5.75 Å². The van der Waals surface area contributed by atoms with E-state index in [4.69, 9.17) is 24.7 Å². The molecular formula is C21H26N2O7S. The average Bonchev–Trinajstić information content (AvgIpc) is 3.11. The predicted octanol–water partition coefficient (Wildman–Crippen LogP) is 2.87. The molecule has 0 aliphatic heterocycles. The Morgan fingerprint density at radius 3 is 2.19 bits per heavy atom. The number of benzene rings is 1. The van der Waals surface area contributed by atoms with Gasteiger partial charge in [-0.3, -0.25) is 9.59 Å². The zero-order chi connectivity index (χ0) is 23.1. The normalized spacial score (nSPS) is 10.5. The molecule has 2 aromatic rings. The summed E-state index contributed by atoms with van der Waals surface area (Å²) in [6.07, 6.45) is 0.671. The number of methoxy groups -OCH3 is 3. The van der Waals surface area contributed by atoms with Crippen molar-refractivity contribution in [1.29, 1.82) is 0 Å². The van der Waals surface area contributed by atoms with Crippen molar-refractivity contribution in [1.82, 2.24) is 0 Å². The van der Waals surface area contributed by atoms with E-state index in [0.29, 0.717) is 22.9 Å². The van der Waals surface area contributed by atoms with Crippen LogP contribution in [0.25, 0.3) is 0 Å². The number of nitrogens with two attached hydrogens (primary N) is 1. The number of nitrogens with one attached hydrogen (secondary N) is 1. The lowest BCUT2D eigenvalue weighted by Gasteiger charge is -2.15. The van der Waals surface area contributed by atoms with E-state index in [1.807, 2.05) is 19.2 Å². The molecule has 0 bridgehead atoms. The van der Waals surface area contributed by atoms with Crippen molar-refractivity contribution in [3.8, 4) is 17.2 Å². The molecular weight excluding hydrogens is 424 g/mol. The number of hydrogen-bond donors (Lipinski definition) is 2. The maximum atomic E-state index is 12.9. The van der Waals surface area contributed by atoms with E-state index < -0.39 is 17.8 Å². The Hall–Kier alpha value is -3.27. The van der Waals surface area contributed by atoms with Crippen molar-refractivity contribution in [3.63, 3.8) is 0 Å². The number of amides is 2. The third-order valence-corrected chi connectivity index (χ3v) is 5.14. The van der Waals surface area contributed by atoms with Crippen LogP contribution >= 0.6 is 11.3 Å². The van der Waals surface area contributed by atoms with Gasteiger partial charge in [-0.25, -0.2) is 4.79 Å². The summed E-state index contributed by atoms with van der Waals surface area (Å²) >= 11 is 1.25. The lowest BCUT2D eigenvalue weighted by Crippen LogP contribution is -2.20. The maximum absolute atomic E-state index is 12.9. The predicted molar refractivity (Wildman–Crippen MR) is 116 cm³/mol. The molecule has 0 atom stereocenters. The Balaban J connectivity index is 2.38. The van der Waals surface area contributed by atoms with Crippen LogP contribution in [-0.2, 0) is 16.0 Å². The molecule has 1 heterocycles. The smallest absolute Gasteiger partial charge is 0.341 e. The van der Waals surface area contributed by atoms with Gasteiger partial charge >= 0.3 is 5.97 Å². The average molecular weight is 451 g/mol. The summed E-state index contributed by atoms with van der Waals surface area (Å²) in [7, 11) is 4.08. The van der Waals surface area contributed by atoms with Gasteiger partial charge in [0.15, 0.2) is 18.1 Å². The number of thiophene rings is 1. The van der Waals surface area contributed by atoms with Crippen molar-refractivity contribution >= 4 is 34.1 Å². The Labute approximate surface area is 184 Å². The lowest BCUT2D eigenvalue weighted by atomic mass is 10.0. The highest BCUT2D eigenvalue weighted by Crippen LogP contribution is 2.39. The molecule has 10 heteroatoms. The highest BCUT2D eigenvalue weighted by molar-refractivity contribution is 7.15. The molecule has 168 valence electrons. The molecule has 0 fully saturated rings. The van der Waals surface area contributed by atoms with Crippen LogP contribution in [0.1, 0.15) is 40.1 Å². The molecule has 2 amide bonds. The van der Waals surface area contributed by atoms with Crippen LogP contribution in [0.5, 0.6) is 17.2 Å². The zero-order valence-electron chi connectivity index (χ0n) is 18.1.